The monoisotopic (exact) mass is 510 g/mol. The number of β-lactam (4-membered cyclic amide) rings is 1. The van der Waals surface area contributed by atoms with E-state index in [1.807, 2.05) is 60.7 Å². The highest BCUT2D eigenvalue weighted by molar-refractivity contribution is 8.01. The number of esters is 1. The zero-order valence-electron chi connectivity index (χ0n) is 18.7. The van der Waals surface area contributed by atoms with Crippen LogP contribution in [0.1, 0.15) is 17.2 Å². The summed E-state index contributed by atoms with van der Waals surface area (Å²) in [6.45, 7) is 0. The van der Waals surface area contributed by atoms with E-state index in [4.69, 9.17) is 15.2 Å². The van der Waals surface area contributed by atoms with Gasteiger partial charge in [-0.05, 0) is 21.9 Å². The van der Waals surface area contributed by atoms with Gasteiger partial charge in [-0.25, -0.2) is 4.79 Å². The highest BCUT2D eigenvalue weighted by Gasteiger charge is 2.63. The maximum atomic E-state index is 13.7. The molecule has 0 radical (unpaired) electrons. The number of fused-ring (bicyclic) bond motifs is 1. The second-order valence-corrected chi connectivity index (χ2v) is 9.89. The number of nitrogens with zero attached hydrogens (tertiary/aromatic N) is 4. The van der Waals surface area contributed by atoms with Crippen molar-refractivity contribution >= 4 is 35.4 Å². The van der Waals surface area contributed by atoms with E-state index in [9.17, 15) is 9.59 Å². The van der Waals surface area contributed by atoms with Crippen molar-refractivity contribution in [3.8, 4) is 0 Å². The van der Waals surface area contributed by atoms with Crippen LogP contribution in [0.2, 0.25) is 0 Å². The zero-order chi connectivity index (χ0) is 24.4. The molecular formula is C23H22N6O4S2. The normalized spacial score (nSPS) is 21.6. The predicted octanol–water partition coefficient (Wildman–Crippen LogP) is 2.10. The van der Waals surface area contributed by atoms with Gasteiger partial charge in [-0.15, -0.1) is 22.0 Å². The third-order valence-corrected chi connectivity index (χ3v) is 8.12. The van der Waals surface area contributed by atoms with Gasteiger partial charge in [0.25, 0.3) is 5.91 Å². The number of H-pyrrole nitrogens is 1. The van der Waals surface area contributed by atoms with Crippen LogP contribution >= 0.6 is 23.5 Å². The van der Waals surface area contributed by atoms with E-state index in [2.05, 4.69) is 20.6 Å². The number of nitrogens with two attached hydrogens (primary N) is 1. The van der Waals surface area contributed by atoms with Gasteiger partial charge < -0.3 is 9.47 Å². The number of hydrogen-bond donors (Lipinski definition) is 2. The first-order valence-electron chi connectivity index (χ1n) is 10.7. The van der Waals surface area contributed by atoms with E-state index in [1.165, 1.54) is 35.5 Å². The van der Waals surface area contributed by atoms with Gasteiger partial charge in [-0.3, -0.25) is 15.4 Å². The molecule has 3 aromatic rings. The number of tetrazole rings is 1. The van der Waals surface area contributed by atoms with Crippen molar-refractivity contribution in [1.29, 1.82) is 0 Å². The van der Waals surface area contributed by atoms with Crippen LogP contribution in [0.5, 0.6) is 0 Å². The van der Waals surface area contributed by atoms with Crippen molar-refractivity contribution in [3.05, 3.63) is 83.1 Å². The number of nitrogens with one attached hydrogen (secondary N) is 1. The largest absolute Gasteiger partial charge is 0.448 e. The number of thioether (sulfide) groups is 2. The highest BCUT2D eigenvalue weighted by atomic mass is 32.2. The van der Waals surface area contributed by atoms with Crippen LogP contribution < -0.4 is 5.73 Å². The first-order chi connectivity index (χ1) is 17.0. The van der Waals surface area contributed by atoms with E-state index in [0.717, 1.165) is 16.7 Å². The summed E-state index contributed by atoms with van der Waals surface area (Å²) in [7, 11) is 1.39. The molecule has 2 aliphatic rings. The molecule has 1 fully saturated rings. The number of aromatic amines is 1. The molecule has 1 amide bonds. The minimum Gasteiger partial charge on any atom is -0.448 e. The van der Waals surface area contributed by atoms with Gasteiger partial charge in [-0.1, -0.05) is 72.4 Å². The Kier molecular flexibility index (Phi) is 6.60. The Morgan fingerprint density at radius 3 is 2.46 bits per heavy atom. The molecule has 3 heterocycles. The Balaban J connectivity index is 1.49. The zero-order valence-corrected chi connectivity index (χ0v) is 20.3. The smallest absolute Gasteiger partial charge is 0.356 e. The molecule has 180 valence electrons. The van der Waals surface area contributed by atoms with E-state index >= 15 is 0 Å². The van der Waals surface area contributed by atoms with Gasteiger partial charge in [0.2, 0.25) is 10.9 Å². The first-order valence-corrected chi connectivity index (χ1v) is 12.7. The number of hydrogen-bond acceptors (Lipinski definition) is 10. The molecule has 0 aliphatic carbocycles. The van der Waals surface area contributed by atoms with Gasteiger partial charge >= 0.3 is 5.97 Å². The predicted molar refractivity (Wildman–Crippen MR) is 130 cm³/mol. The third kappa shape index (κ3) is 4.33. The molecule has 0 spiro atoms. The number of methoxy groups -OCH3 is 1. The summed E-state index contributed by atoms with van der Waals surface area (Å²) in [5.74, 6) is -0.252. The van der Waals surface area contributed by atoms with Crippen LogP contribution in [-0.2, 0) is 19.1 Å². The summed E-state index contributed by atoms with van der Waals surface area (Å²) in [5.41, 5.74) is 7.25. The van der Waals surface area contributed by atoms with Gasteiger partial charge in [-0.2, -0.15) is 5.21 Å². The van der Waals surface area contributed by atoms with E-state index in [1.54, 1.807) is 0 Å². The second kappa shape index (κ2) is 9.82. The number of amides is 1. The van der Waals surface area contributed by atoms with E-state index in [-0.39, 0.29) is 5.70 Å². The molecule has 10 nitrogen and oxygen atoms in total. The van der Waals surface area contributed by atoms with Crippen LogP contribution in [0.15, 0.2) is 77.1 Å². The highest BCUT2D eigenvalue weighted by Crippen LogP contribution is 2.46. The summed E-state index contributed by atoms with van der Waals surface area (Å²) >= 11 is 2.74. The molecule has 0 saturated carbocycles. The second-order valence-electron chi connectivity index (χ2n) is 7.88. The average Bonchev–Trinajstić information content (AvgIpc) is 3.44. The fourth-order valence-corrected chi connectivity index (χ4v) is 6.28. The molecule has 2 atom stereocenters. The lowest BCUT2D eigenvalue weighted by molar-refractivity contribution is -0.183. The van der Waals surface area contributed by atoms with Crippen molar-refractivity contribution in [1.82, 2.24) is 25.5 Å². The number of benzene rings is 2. The molecule has 1 saturated heterocycles. The van der Waals surface area contributed by atoms with Crippen LogP contribution in [0.3, 0.4) is 0 Å². The number of carbonyl (C=O) groups is 2. The van der Waals surface area contributed by atoms with Crippen molar-refractivity contribution < 1.29 is 19.1 Å². The standard InChI is InChI=1S/C23H22N6O4S2/c1-32-23(24)20(31)29-17(16(12-34-21(23)29)13-35-22-25-27-28-26-22)19(30)33-18(14-8-4-2-5-9-14)15-10-6-3-7-11-15/h2-11,18,21H,12-13,24H2,1H3,(H,25,26,27,28)/t21-,23+/m1/s1. The average molecular weight is 511 g/mol. The van der Waals surface area contributed by atoms with Gasteiger partial charge in [0.15, 0.2) is 6.10 Å². The lowest BCUT2D eigenvalue weighted by atomic mass is 9.99. The Morgan fingerprint density at radius 2 is 1.89 bits per heavy atom. The minimum atomic E-state index is -1.49. The van der Waals surface area contributed by atoms with Gasteiger partial charge in [0.1, 0.15) is 11.1 Å². The van der Waals surface area contributed by atoms with Crippen molar-refractivity contribution in [2.24, 2.45) is 5.73 Å². The van der Waals surface area contributed by atoms with Crippen LogP contribution in [0, 0.1) is 0 Å². The summed E-state index contributed by atoms with van der Waals surface area (Å²) < 4.78 is 11.4. The number of aromatic nitrogens is 4. The minimum absolute atomic E-state index is 0.185. The molecule has 12 heteroatoms. The number of rotatable bonds is 8. The molecule has 0 bridgehead atoms. The molecule has 35 heavy (non-hydrogen) atoms. The maximum absolute atomic E-state index is 13.7. The molecule has 2 aromatic carbocycles. The first kappa shape index (κ1) is 23.5. The topological polar surface area (TPSA) is 136 Å². The van der Waals surface area contributed by atoms with Crippen molar-refractivity contribution in [2.75, 3.05) is 18.6 Å². The lowest BCUT2D eigenvalue weighted by Gasteiger charge is -2.54. The third-order valence-electron chi connectivity index (χ3n) is 5.81. The van der Waals surface area contributed by atoms with Crippen molar-refractivity contribution in [2.45, 2.75) is 22.4 Å². The van der Waals surface area contributed by atoms with Crippen LogP contribution in [-0.4, -0.2) is 67.1 Å². The molecular weight excluding hydrogens is 488 g/mol. The summed E-state index contributed by atoms with van der Waals surface area (Å²) in [4.78, 5) is 28.2. The quantitative estimate of drug-likeness (QED) is 0.201. The van der Waals surface area contributed by atoms with Crippen LogP contribution in [0.25, 0.3) is 0 Å². The fourth-order valence-electron chi connectivity index (χ4n) is 4.01. The molecule has 5 rings (SSSR count). The Bertz CT molecular complexity index is 1200. The Hall–Kier alpha value is -3.19. The Morgan fingerprint density at radius 1 is 1.23 bits per heavy atom. The Labute approximate surface area is 209 Å². The number of carbonyl (C=O) groups excluding carboxylic acids is 2. The maximum Gasteiger partial charge on any atom is 0.356 e. The summed E-state index contributed by atoms with van der Waals surface area (Å²) in [6, 6.07) is 18.9. The molecule has 1 aromatic heterocycles. The summed E-state index contributed by atoms with van der Waals surface area (Å²) in [6.07, 6.45) is -0.655. The van der Waals surface area contributed by atoms with Gasteiger partial charge in [0.05, 0.1) is 0 Å². The fraction of sp³-hybridized carbons (Fsp3) is 0.261. The number of ether oxygens (including phenoxy) is 2. The molecule has 3 N–H and O–H groups in total. The molecule has 2 aliphatic heterocycles. The van der Waals surface area contributed by atoms with Crippen molar-refractivity contribution in [3.63, 3.8) is 0 Å². The van der Waals surface area contributed by atoms with E-state index in [0.29, 0.717) is 16.7 Å². The van der Waals surface area contributed by atoms with Crippen LogP contribution in [0.4, 0.5) is 0 Å². The van der Waals surface area contributed by atoms with E-state index < -0.39 is 29.1 Å². The molecule has 0 unspecified atom stereocenters. The SMILES string of the molecule is CO[C@@]1(N)C(=O)N2C(C(=O)OC(c3ccccc3)c3ccccc3)=C(CSc3nn[nH]n3)CS[C@@H]21. The summed E-state index contributed by atoms with van der Waals surface area (Å²) in [5, 5.41) is 13.8. The van der Waals surface area contributed by atoms with Gasteiger partial charge in [0, 0.05) is 18.6 Å². The lowest BCUT2D eigenvalue weighted by Crippen LogP contribution is -2.78.